The molecule has 6 heteroatoms. The average molecular weight is 352 g/mol. The van der Waals surface area contributed by atoms with E-state index in [9.17, 15) is 9.18 Å². The average Bonchev–Trinajstić information content (AvgIpc) is 2.48. The van der Waals surface area contributed by atoms with Gasteiger partial charge in [-0.25, -0.2) is 9.37 Å². The lowest BCUT2D eigenvalue weighted by Crippen LogP contribution is -2.29. The van der Waals surface area contributed by atoms with Crippen molar-refractivity contribution in [3.8, 4) is 0 Å². The number of halogens is 2. The summed E-state index contributed by atoms with van der Waals surface area (Å²) in [7, 11) is 0. The van der Waals surface area contributed by atoms with Crippen LogP contribution in [0.15, 0.2) is 41.0 Å². The van der Waals surface area contributed by atoms with Crippen LogP contribution in [-0.4, -0.2) is 24.0 Å². The molecule has 2 rings (SSSR count). The van der Waals surface area contributed by atoms with Crippen LogP contribution in [-0.2, 0) is 0 Å². The highest BCUT2D eigenvalue weighted by Gasteiger charge is 2.07. The van der Waals surface area contributed by atoms with Crippen molar-refractivity contribution in [2.75, 3.05) is 18.4 Å². The van der Waals surface area contributed by atoms with Gasteiger partial charge in [0.15, 0.2) is 0 Å². The summed E-state index contributed by atoms with van der Waals surface area (Å²) in [6, 6.07) is 8.16. The summed E-state index contributed by atoms with van der Waals surface area (Å²) < 4.78 is 14.3. The Morgan fingerprint density at radius 1 is 1.29 bits per heavy atom. The number of aryl methyl sites for hydroxylation is 1. The van der Waals surface area contributed by atoms with Crippen LogP contribution in [0.1, 0.15) is 15.9 Å². The van der Waals surface area contributed by atoms with Crippen molar-refractivity contribution in [1.29, 1.82) is 0 Å². The number of amides is 1. The van der Waals surface area contributed by atoms with Crippen LogP contribution in [0.25, 0.3) is 0 Å². The zero-order valence-electron chi connectivity index (χ0n) is 11.5. The van der Waals surface area contributed by atoms with Crippen LogP contribution in [0.3, 0.4) is 0 Å². The Bertz CT molecular complexity index is 631. The van der Waals surface area contributed by atoms with Crippen molar-refractivity contribution < 1.29 is 9.18 Å². The van der Waals surface area contributed by atoms with Gasteiger partial charge in [0, 0.05) is 29.3 Å². The lowest BCUT2D eigenvalue weighted by Gasteiger charge is -2.08. The van der Waals surface area contributed by atoms with E-state index in [2.05, 4.69) is 31.5 Å². The summed E-state index contributed by atoms with van der Waals surface area (Å²) >= 11 is 3.31. The van der Waals surface area contributed by atoms with E-state index in [1.165, 1.54) is 6.07 Å². The number of rotatable bonds is 5. The number of hydrogen-bond acceptors (Lipinski definition) is 3. The first-order valence-corrected chi connectivity index (χ1v) is 7.25. The van der Waals surface area contributed by atoms with E-state index in [1.807, 2.05) is 12.1 Å². The van der Waals surface area contributed by atoms with E-state index in [0.717, 1.165) is 10.3 Å². The highest BCUT2D eigenvalue weighted by atomic mass is 79.9. The molecule has 2 N–H and O–H groups in total. The summed E-state index contributed by atoms with van der Waals surface area (Å²) in [5.41, 5.74) is 0.842. The molecule has 1 heterocycles. The van der Waals surface area contributed by atoms with Crippen molar-refractivity contribution in [3.05, 3.63) is 57.9 Å². The molecule has 0 radical (unpaired) electrons. The van der Waals surface area contributed by atoms with E-state index < -0.39 is 0 Å². The maximum Gasteiger partial charge on any atom is 0.251 e. The molecule has 0 aliphatic carbocycles. The first-order valence-electron chi connectivity index (χ1n) is 6.46. The van der Waals surface area contributed by atoms with Crippen LogP contribution in [0.5, 0.6) is 0 Å². The predicted octanol–water partition coefficient (Wildman–Crippen LogP) is 3.13. The monoisotopic (exact) mass is 351 g/mol. The molecule has 0 aliphatic rings. The molecule has 0 atom stereocenters. The molecular formula is C15H15BrFN3O. The lowest BCUT2D eigenvalue weighted by molar-refractivity contribution is 0.0954. The number of anilines is 1. The molecule has 1 amide bonds. The maximum absolute atomic E-state index is 13.4. The van der Waals surface area contributed by atoms with Crippen molar-refractivity contribution in [2.45, 2.75) is 6.92 Å². The second-order valence-electron chi connectivity index (χ2n) is 4.51. The molecule has 0 saturated heterocycles. The Balaban J connectivity index is 1.79. The number of carbonyl (C=O) groups excluding carboxylic acids is 1. The number of nitrogens with one attached hydrogen (secondary N) is 2. The zero-order chi connectivity index (χ0) is 15.2. The number of benzene rings is 1. The van der Waals surface area contributed by atoms with Crippen LogP contribution < -0.4 is 10.6 Å². The van der Waals surface area contributed by atoms with Crippen molar-refractivity contribution in [2.24, 2.45) is 0 Å². The van der Waals surface area contributed by atoms with Crippen molar-refractivity contribution >= 4 is 27.7 Å². The molecule has 0 fully saturated rings. The molecule has 110 valence electrons. The van der Waals surface area contributed by atoms with Gasteiger partial charge in [0.05, 0.1) is 0 Å². The summed E-state index contributed by atoms with van der Waals surface area (Å²) in [5.74, 6) is 0.0631. The number of hydrogen-bond donors (Lipinski definition) is 2. The van der Waals surface area contributed by atoms with Crippen molar-refractivity contribution in [3.63, 3.8) is 0 Å². The highest BCUT2D eigenvalue weighted by Crippen LogP contribution is 2.10. The number of carbonyl (C=O) groups is 1. The van der Waals surface area contributed by atoms with Gasteiger partial charge in [-0.3, -0.25) is 4.79 Å². The minimum absolute atomic E-state index is 0.292. The lowest BCUT2D eigenvalue weighted by atomic mass is 10.1. The smallest absolute Gasteiger partial charge is 0.251 e. The molecule has 21 heavy (non-hydrogen) atoms. The number of aromatic nitrogens is 1. The van der Waals surface area contributed by atoms with Gasteiger partial charge < -0.3 is 10.6 Å². The third-order valence-corrected chi connectivity index (χ3v) is 3.35. The topological polar surface area (TPSA) is 54.0 Å². The van der Waals surface area contributed by atoms with Gasteiger partial charge in [0.1, 0.15) is 11.6 Å². The number of nitrogens with zero attached hydrogens (tertiary/aromatic N) is 1. The molecule has 1 aromatic heterocycles. The van der Waals surface area contributed by atoms with Gasteiger partial charge in [-0.15, -0.1) is 0 Å². The van der Waals surface area contributed by atoms with Crippen LogP contribution >= 0.6 is 15.9 Å². The Kier molecular flexibility index (Phi) is 5.27. The fourth-order valence-electron chi connectivity index (χ4n) is 1.68. The first-order chi connectivity index (χ1) is 10.1. The van der Waals surface area contributed by atoms with Gasteiger partial charge in [-0.05, 0) is 52.7 Å². The second-order valence-corrected chi connectivity index (χ2v) is 5.42. The van der Waals surface area contributed by atoms with Crippen molar-refractivity contribution in [1.82, 2.24) is 10.3 Å². The Morgan fingerprint density at radius 2 is 2.10 bits per heavy atom. The van der Waals surface area contributed by atoms with Gasteiger partial charge in [0.2, 0.25) is 0 Å². The van der Waals surface area contributed by atoms with Gasteiger partial charge in [0.25, 0.3) is 5.91 Å². The third kappa shape index (κ3) is 4.53. The van der Waals surface area contributed by atoms with Gasteiger partial charge >= 0.3 is 0 Å². The van der Waals surface area contributed by atoms with E-state index in [4.69, 9.17) is 0 Å². The SMILES string of the molecule is Cc1ccc(C(=O)NCCNc2ccc(Br)cn2)cc1F. The summed E-state index contributed by atoms with van der Waals surface area (Å²) in [6.07, 6.45) is 1.69. The van der Waals surface area contributed by atoms with E-state index in [-0.39, 0.29) is 11.7 Å². The van der Waals surface area contributed by atoms with Crippen LogP contribution in [0, 0.1) is 12.7 Å². The predicted molar refractivity (Wildman–Crippen MR) is 83.9 cm³/mol. The largest absolute Gasteiger partial charge is 0.368 e. The Labute approximate surface area is 130 Å². The minimum atomic E-state index is -0.375. The maximum atomic E-state index is 13.4. The normalized spacial score (nSPS) is 10.2. The summed E-state index contributed by atoms with van der Waals surface area (Å²) in [6.45, 7) is 2.62. The highest BCUT2D eigenvalue weighted by molar-refractivity contribution is 9.10. The fourth-order valence-corrected chi connectivity index (χ4v) is 1.92. The van der Waals surface area contributed by atoms with Crippen LogP contribution in [0.2, 0.25) is 0 Å². The van der Waals surface area contributed by atoms with Gasteiger partial charge in [-0.1, -0.05) is 6.07 Å². The molecule has 1 aromatic carbocycles. The standard InChI is InChI=1S/C15H15BrFN3O/c1-10-2-3-11(8-13(10)17)15(21)19-7-6-18-14-5-4-12(16)9-20-14/h2-5,8-9H,6-7H2,1H3,(H,18,20)(H,19,21). The molecule has 0 unspecified atom stereocenters. The summed E-state index contributed by atoms with van der Waals surface area (Å²) in [4.78, 5) is 16.0. The molecule has 0 aliphatic heterocycles. The Hall–Kier alpha value is -1.95. The molecule has 0 bridgehead atoms. The Morgan fingerprint density at radius 3 is 2.76 bits per heavy atom. The molecule has 0 spiro atoms. The number of pyridine rings is 1. The van der Waals surface area contributed by atoms with Crippen LogP contribution in [0.4, 0.5) is 10.2 Å². The third-order valence-electron chi connectivity index (χ3n) is 2.88. The second kappa shape index (κ2) is 7.17. The quantitative estimate of drug-likeness (QED) is 0.813. The minimum Gasteiger partial charge on any atom is -0.368 e. The fraction of sp³-hybridized carbons (Fsp3) is 0.200. The summed E-state index contributed by atoms with van der Waals surface area (Å²) in [5, 5.41) is 5.80. The zero-order valence-corrected chi connectivity index (χ0v) is 13.1. The van der Waals surface area contributed by atoms with E-state index in [1.54, 1.807) is 25.3 Å². The molecule has 0 saturated carbocycles. The molecule has 2 aromatic rings. The molecular weight excluding hydrogens is 337 g/mol. The molecule has 4 nitrogen and oxygen atoms in total. The van der Waals surface area contributed by atoms with E-state index >= 15 is 0 Å². The van der Waals surface area contributed by atoms with E-state index in [0.29, 0.717) is 24.2 Å². The first kappa shape index (κ1) is 15.4. The van der Waals surface area contributed by atoms with Gasteiger partial charge in [-0.2, -0.15) is 0 Å².